The zero-order valence-electron chi connectivity index (χ0n) is 16.8. The van der Waals surface area contributed by atoms with Gasteiger partial charge in [0.15, 0.2) is 5.65 Å². The molecule has 3 aromatic rings. The van der Waals surface area contributed by atoms with Crippen molar-refractivity contribution in [2.24, 2.45) is 0 Å². The van der Waals surface area contributed by atoms with Gasteiger partial charge in [0.2, 0.25) is 0 Å². The summed E-state index contributed by atoms with van der Waals surface area (Å²) < 4.78 is 12.5. The molecule has 0 atom stereocenters. The van der Waals surface area contributed by atoms with Gasteiger partial charge in [0.25, 0.3) is 5.91 Å². The van der Waals surface area contributed by atoms with Gasteiger partial charge >= 0.3 is 0 Å². The Morgan fingerprint density at radius 3 is 2.55 bits per heavy atom. The second-order valence-corrected chi connectivity index (χ2v) is 7.84. The van der Waals surface area contributed by atoms with Gasteiger partial charge in [-0.25, -0.2) is 9.67 Å². The minimum atomic E-state index is -0.259. The standard InChI is InChI=1S/C21H23ClN4O3/c1-11(2)26-20-14(10-23-26)13(7-16(24-20)12-5-6-12)21(27)25-17-9-18(28-3)15(22)8-19(17)29-4/h7-12H,5-6H2,1-4H3,(H,25,27). The van der Waals surface area contributed by atoms with E-state index in [-0.39, 0.29) is 11.9 Å². The third-order valence-corrected chi connectivity index (χ3v) is 5.33. The SMILES string of the molecule is COc1cc(NC(=O)c2cc(C3CC3)nc3c2cnn3C(C)C)c(OC)cc1Cl. The Morgan fingerprint density at radius 2 is 1.93 bits per heavy atom. The highest BCUT2D eigenvalue weighted by Gasteiger charge is 2.28. The van der Waals surface area contributed by atoms with Crippen LogP contribution in [0.5, 0.6) is 11.5 Å². The number of hydrogen-bond acceptors (Lipinski definition) is 5. The third kappa shape index (κ3) is 3.62. The van der Waals surface area contributed by atoms with E-state index >= 15 is 0 Å². The molecule has 1 saturated carbocycles. The molecule has 1 N–H and O–H groups in total. The molecule has 1 amide bonds. The maximum Gasteiger partial charge on any atom is 0.256 e. The highest BCUT2D eigenvalue weighted by atomic mass is 35.5. The van der Waals surface area contributed by atoms with Gasteiger partial charge in [-0.3, -0.25) is 4.79 Å². The van der Waals surface area contributed by atoms with Crippen LogP contribution in [0.25, 0.3) is 11.0 Å². The van der Waals surface area contributed by atoms with Crippen molar-refractivity contribution in [2.75, 3.05) is 19.5 Å². The van der Waals surface area contributed by atoms with Crippen LogP contribution in [0.1, 0.15) is 54.7 Å². The number of halogens is 1. The second-order valence-electron chi connectivity index (χ2n) is 7.43. The van der Waals surface area contributed by atoms with Crippen LogP contribution in [0, 0.1) is 0 Å². The van der Waals surface area contributed by atoms with E-state index < -0.39 is 0 Å². The van der Waals surface area contributed by atoms with Gasteiger partial charge in [-0.1, -0.05) is 11.6 Å². The van der Waals surface area contributed by atoms with E-state index in [9.17, 15) is 4.79 Å². The molecule has 0 radical (unpaired) electrons. The quantitative estimate of drug-likeness (QED) is 0.626. The zero-order chi connectivity index (χ0) is 20.7. The highest BCUT2D eigenvalue weighted by Crippen LogP contribution is 2.41. The maximum atomic E-state index is 13.2. The Balaban J connectivity index is 1.78. The molecule has 2 aromatic heterocycles. The summed E-state index contributed by atoms with van der Waals surface area (Å²) in [7, 11) is 3.05. The second kappa shape index (κ2) is 7.55. The zero-order valence-corrected chi connectivity index (χ0v) is 17.6. The lowest BCUT2D eigenvalue weighted by molar-refractivity contribution is 0.102. The van der Waals surface area contributed by atoms with Crippen LogP contribution in [0.15, 0.2) is 24.4 Å². The van der Waals surface area contributed by atoms with Crippen molar-refractivity contribution in [3.8, 4) is 11.5 Å². The lowest BCUT2D eigenvalue weighted by atomic mass is 10.1. The minimum absolute atomic E-state index is 0.144. The van der Waals surface area contributed by atoms with Crippen molar-refractivity contribution in [3.05, 3.63) is 40.7 Å². The Labute approximate surface area is 174 Å². The fourth-order valence-corrected chi connectivity index (χ4v) is 3.57. The number of amides is 1. The van der Waals surface area contributed by atoms with Gasteiger partial charge in [0.1, 0.15) is 11.5 Å². The van der Waals surface area contributed by atoms with Crippen LogP contribution in [0.3, 0.4) is 0 Å². The molecule has 0 aliphatic heterocycles. The number of nitrogens with zero attached hydrogens (tertiary/aromatic N) is 3. The summed E-state index contributed by atoms with van der Waals surface area (Å²) >= 11 is 6.17. The maximum absolute atomic E-state index is 13.2. The number of fused-ring (bicyclic) bond motifs is 1. The number of hydrogen-bond donors (Lipinski definition) is 1. The lowest BCUT2D eigenvalue weighted by Crippen LogP contribution is -2.14. The van der Waals surface area contributed by atoms with Gasteiger partial charge in [0.05, 0.1) is 42.1 Å². The van der Waals surface area contributed by atoms with E-state index in [1.165, 1.54) is 14.2 Å². The molecule has 1 aliphatic rings. The Hall–Kier alpha value is -2.80. The van der Waals surface area contributed by atoms with Gasteiger partial charge < -0.3 is 14.8 Å². The van der Waals surface area contributed by atoms with Crippen LogP contribution < -0.4 is 14.8 Å². The average molecular weight is 415 g/mol. The number of carbonyl (C=O) groups excluding carboxylic acids is 1. The Bertz CT molecular complexity index is 1090. The summed E-state index contributed by atoms with van der Waals surface area (Å²) in [5, 5.41) is 8.51. The first-order chi connectivity index (χ1) is 13.9. The monoisotopic (exact) mass is 414 g/mol. The predicted octanol–water partition coefficient (Wildman–Crippen LogP) is 4.81. The van der Waals surface area contributed by atoms with Gasteiger partial charge in [-0.15, -0.1) is 0 Å². The number of nitrogens with one attached hydrogen (secondary N) is 1. The summed E-state index contributed by atoms with van der Waals surface area (Å²) in [6.45, 7) is 4.09. The number of ether oxygens (including phenoxy) is 2. The van der Waals surface area contributed by atoms with Crippen molar-refractivity contribution in [1.29, 1.82) is 0 Å². The number of pyridine rings is 1. The number of aromatic nitrogens is 3. The van der Waals surface area contributed by atoms with Crippen LogP contribution in [-0.2, 0) is 0 Å². The van der Waals surface area contributed by atoms with Gasteiger partial charge in [-0.2, -0.15) is 5.10 Å². The van der Waals surface area contributed by atoms with Crippen molar-refractivity contribution in [3.63, 3.8) is 0 Å². The summed E-state index contributed by atoms with van der Waals surface area (Å²) in [6.07, 6.45) is 3.89. The molecular formula is C21H23ClN4O3. The molecule has 0 bridgehead atoms. The molecule has 7 nitrogen and oxygen atoms in total. The molecule has 8 heteroatoms. The van der Waals surface area contributed by atoms with Crippen molar-refractivity contribution in [1.82, 2.24) is 14.8 Å². The van der Waals surface area contributed by atoms with Crippen molar-refractivity contribution in [2.45, 2.75) is 38.6 Å². The fraction of sp³-hybridized carbons (Fsp3) is 0.381. The van der Waals surface area contributed by atoms with Gasteiger partial charge in [0, 0.05) is 29.8 Å². The largest absolute Gasteiger partial charge is 0.495 e. The molecule has 1 fully saturated rings. The van der Waals surface area contributed by atoms with Crippen LogP contribution >= 0.6 is 11.6 Å². The fourth-order valence-electron chi connectivity index (χ4n) is 3.34. The normalized spacial score (nSPS) is 13.7. The minimum Gasteiger partial charge on any atom is -0.495 e. The molecule has 0 spiro atoms. The summed E-state index contributed by atoms with van der Waals surface area (Å²) in [5.41, 5.74) is 2.69. The average Bonchev–Trinajstić information content (AvgIpc) is 3.46. The van der Waals surface area contributed by atoms with E-state index in [1.807, 2.05) is 24.6 Å². The molecule has 0 saturated heterocycles. The number of anilines is 1. The summed E-state index contributed by atoms with van der Waals surface area (Å²) in [5.74, 6) is 1.06. The third-order valence-electron chi connectivity index (χ3n) is 5.04. The Morgan fingerprint density at radius 1 is 1.21 bits per heavy atom. The molecule has 1 aliphatic carbocycles. The van der Waals surface area contributed by atoms with Crippen LogP contribution in [0.2, 0.25) is 5.02 Å². The number of rotatable bonds is 6. The van der Waals surface area contributed by atoms with Crippen LogP contribution in [0.4, 0.5) is 5.69 Å². The molecule has 29 heavy (non-hydrogen) atoms. The van der Waals surface area contributed by atoms with Crippen LogP contribution in [-0.4, -0.2) is 34.9 Å². The summed E-state index contributed by atoms with van der Waals surface area (Å²) in [6, 6.07) is 5.29. The first-order valence-corrected chi connectivity index (χ1v) is 9.91. The van der Waals surface area contributed by atoms with E-state index in [2.05, 4.69) is 10.4 Å². The topological polar surface area (TPSA) is 78.3 Å². The number of carbonyl (C=O) groups is 1. The molecule has 152 valence electrons. The summed E-state index contributed by atoms with van der Waals surface area (Å²) in [4.78, 5) is 18.0. The highest BCUT2D eigenvalue weighted by molar-refractivity contribution is 6.32. The molecule has 4 rings (SSSR count). The van der Waals surface area contributed by atoms with E-state index in [0.29, 0.717) is 33.7 Å². The molecule has 2 heterocycles. The predicted molar refractivity (Wildman–Crippen MR) is 112 cm³/mol. The number of methoxy groups -OCH3 is 2. The van der Waals surface area contributed by atoms with Crippen molar-refractivity contribution < 1.29 is 14.3 Å². The van der Waals surface area contributed by atoms with Crippen molar-refractivity contribution >= 4 is 34.2 Å². The first-order valence-electron chi connectivity index (χ1n) is 9.54. The van der Waals surface area contributed by atoms with E-state index in [1.54, 1.807) is 18.3 Å². The lowest BCUT2D eigenvalue weighted by Gasteiger charge is -2.14. The Kier molecular flexibility index (Phi) is 5.08. The first kappa shape index (κ1) is 19.5. The molecular weight excluding hydrogens is 392 g/mol. The van der Waals surface area contributed by atoms with E-state index in [0.717, 1.165) is 29.6 Å². The smallest absolute Gasteiger partial charge is 0.256 e. The molecule has 0 unspecified atom stereocenters. The number of benzene rings is 1. The molecule has 1 aromatic carbocycles. The van der Waals surface area contributed by atoms with E-state index in [4.69, 9.17) is 26.1 Å². The van der Waals surface area contributed by atoms with Gasteiger partial charge in [-0.05, 0) is 32.8 Å².